The Bertz CT molecular complexity index is 570. The van der Waals surface area contributed by atoms with Crippen molar-refractivity contribution in [3.05, 3.63) is 33.4 Å². The molecule has 0 amide bonds. The van der Waals surface area contributed by atoms with E-state index < -0.39 is 8.80 Å². The molecule has 0 heterocycles. The van der Waals surface area contributed by atoms with Gasteiger partial charge in [0.2, 0.25) is 0 Å². The van der Waals surface area contributed by atoms with Gasteiger partial charge < -0.3 is 22.8 Å². The quantitative estimate of drug-likeness (QED) is 0.222. The maximum Gasteiger partial charge on any atom is 0.500 e. The molecule has 0 atom stereocenters. The van der Waals surface area contributed by atoms with E-state index in [2.05, 4.69) is 0 Å². The summed E-state index contributed by atoms with van der Waals surface area (Å²) in [5, 5.41) is 11.3. The van der Waals surface area contributed by atoms with Crippen LogP contribution < -0.4 is 4.74 Å². The zero-order chi connectivity index (χ0) is 19.6. The summed E-state index contributed by atoms with van der Waals surface area (Å²) in [6, 6.07) is 3.95. The molecule has 0 saturated heterocycles. The molecule has 0 aliphatic carbocycles. The highest BCUT2D eigenvalue weighted by Gasteiger charge is 2.36. The Kier molecular flexibility index (Phi) is 9.74. The van der Waals surface area contributed by atoms with Crippen LogP contribution >= 0.6 is 0 Å². The number of nitro groups is 1. The van der Waals surface area contributed by atoms with Gasteiger partial charge in [-0.3, -0.25) is 10.1 Å². The normalized spacial score (nSPS) is 11.6. The third kappa shape index (κ3) is 6.03. The summed E-state index contributed by atoms with van der Waals surface area (Å²) in [5.74, 6) is 0.646. The van der Waals surface area contributed by atoms with E-state index in [1.54, 1.807) is 40.6 Å². The highest BCUT2D eigenvalue weighted by molar-refractivity contribution is 6.60. The van der Waals surface area contributed by atoms with Crippen molar-refractivity contribution < 1.29 is 27.7 Å². The molecule has 0 bridgehead atoms. The van der Waals surface area contributed by atoms with Crippen molar-refractivity contribution in [2.24, 2.45) is 0 Å². The standard InChI is InChI=1S/C17H29NO7Si/c1-6-14-11-16(18(19)20)15(12-17(14)21-2)13-25-9-7-8-10-26(22-3,23-4)24-5/h11-12H,6-10,13H2,1-5H3. The SMILES string of the molecule is CCc1cc([N+](=O)[O-])c(COCCCC[Si](OC)(OC)OC)cc1OC. The van der Waals surface area contributed by atoms with E-state index in [4.69, 9.17) is 22.8 Å². The number of nitrogens with zero attached hydrogens (tertiary/aromatic N) is 1. The lowest BCUT2D eigenvalue weighted by Crippen LogP contribution is -2.42. The van der Waals surface area contributed by atoms with E-state index in [-0.39, 0.29) is 17.2 Å². The topological polar surface area (TPSA) is 89.3 Å². The average molecular weight is 388 g/mol. The van der Waals surface area contributed by atoms with Crippen LogP contribution in [0, 0.1) is 10.1 Å². The number of hydrogen-bond donors (Lipinski definition) is 0. The van der Waals surface area contributed by atoms with E-state index >= 15 is 0 Å². The molecular weight excluding hydrogens is 358 g/mol. The summed E-state index contributed by atoms with van der Waals surface area (Å²) in [6.07, 6.45) is 2.26. The highest BCUT2D eigenvalue weighted by Crippen LogP contribution is 2.29. The van der Waals surface area contributed by atoms with E-state index in [0.717, 1.165) is 18.4 Å². The van der Waals surface area contributed by atoms with E-state index in [9.17, 15) is 10.1 Å². The number of methoxy groups -OCH3 is 1. The Morgan fingerprint density at radius 1 is 1.04 bits per heavy atom. The minimum Gasteiger partial charge on any atom is -0.496 e. The van der Waals surface area contributed by atoms with Crippen molar-refractivity contribution in [1.82, 2.24) is 0 Å². The molecule has 26 heavy (non-hydrogen) atoms. The van der Waals surface area contributed by atoms with Crippen LogP contribution in [0.2, 0.25) is 6.04 Å². The van der Waals surface area contributed by atoms with Gasteiger partial charge in [0.15, 0.2) is 0 Å². The maximum absolute atomic E-state index is 11.3. The van der Waals surface area contributed by atoms with Gasteiger partial charge in [-0.25, -0.2) is 0 Å². The number of benzene rings is 1. The molecule has 0 N–H and O–H groups in total. The summed E-state index contributed by atoms with van der Waals surface area (Å²) in [6.45, 7) is 2.58. The third-order valence-corrected chi connectivity index (χ3v) is 7.10. The van der Waals surface area contributed by atoms with Crippen LogP contribution in [0.3, 0.4) is 0 Å². The van der Waals surface area contributed by atoms with Crippen molar-refractivity contribution >= 4 is 14.5 Å². The van der Waals surface area contributed by atoms with E-state index in [1.807, 2.05) is 6.92 Å². The third-order valence-electron chi connectivity index (χ3n) is 4.27. The molecule has 0 saturated carbocycles. The average Bonchev–Trinajstić information content (AvgIpc) is 2.67. The molecule has 0 aromatic heterocycles. The van der Waals surface area contributed by atoms with Gasteiger partial charge in [0.25, 0.3) is 5.69 Å². The predicted molar refractivity (Wildman–Crippen MR) is 99.5 cm³/mol. The summed E-state index contributed by atoms with van der Waals surface area (Å²) < 4.78 is 27.0. The van der Waals surface area contributed by atoms with Gasteiger partial charge in [0.05, 0.1) is 24.2 Å². The van der Waals surface area contributed by atoms with E-state index in [0.29, 0.717) is 30.4 Å². The maximum atomic E-state index is 11.3. The van der Waals surface area contributed by atoms with Crippen molar-refractivity contribution in [3.8, 4) is 5.75 Å². The fraction of sp³-hybridized carbons (Fsp3) is 0.647. The molecule has 0 spiro atoms. The summed E-state index contributed by atoms with van der Waals surface area (Å²) in [7, 11) is 3.76. The molecule has 0 fully saturated rings. The second-order valence-electron chi connectivity index (χ2n) is 5.71. The van der Waals surface area contributed by atoms with E-state index in [1.165, 1.54) is 0 Å². The van der Waals surface area contributed by atoms with Crippen molar-refractivity contribution in [3.63, 3.8) is 0 Å². The van der Waals surface area contributed by atoms with Crippen LogP contribution in [0.25, 0.3) is 0 Å². The van der Waals surface area contributed by atoms with Gasteiger partial charge in [-0.1, -0.05) is 6.92 Å². The van der Waals surface area contributed by atoms with Gasteiger partial charge in [-0.2, -0.15) is 0 Å². The molecule has 9 heteroatoms. The smallest absolute Gasteiger partial charge is 0.496 e. The summed E-state index contributed by atoms with van der Waals surface area (Å²) in [4.78, 5) is 10.9. The fourth-order valence-corrected chi connectivity index (χ4v) is 4.48. The van der Waals surface area contributed by atoms with Crippen LogP contribution in [-0.2, 0) is 31.0 Å². The van der Waals surface area contributed by atoms with Gasteiger partial charge in [-0.15, -0.1) is 0 Å². The van der Waals surface area contributed by atoms with Crippen molar-refractivity contribution in [2.75, 3.05) is 35.0 Å². The fourth-order valence-electron chi connectivity index (χ4n) is 2.69. The van der Waals surface area contributed by atoms with Gasteiger partial charge >= 0.3 is 8.80 Å². The first-order valence-electron chi connectivity index (χ1n) is 8.54. The van der Waals surface area contributed by atoms with Crippen molar-refractivity contribution in [2.45, 2.75) is 38.8 Å². The summed E-state index contributed by atoms with van der Waals surface area (Å²) in [5.41, 5.74) is 1.38. The molecule has 0 unspecified atom stereocenters. The van der Waals surface area contributed by atoms with Crippen LogP contribution in [-0.4, -0.2) is 48.8 Å². The number of unbranched alkanes of at least 4 members (excludes halogenated alkanes) is 1. The number of ether oxygens (including phenoxy) is 2. The molecule has 1 rings (SSSR count). The number of rotatable bonds is 13. The van der Waals surface area contributed by atoms with Gasteiger partial charge in [0.1, 0.15) is 5.75 Å². The zero-order valence-electron chi connectivity index (χ0n) is 16.2. The molecule has 0 aliphatic rings. The van der Waals surface area contributed by atoms with Crippen LogP contribution in [0.4, 0.5) is 5.69 Å². The monoisotopic (exact) mass is 387 g/mol. The first-order valence-corrected chi connectivity index (χ1v) is 10.5. The second-order valence-corrected chi connectivity index (χ2v) is 8.80. The minimum atomic E-state index is -2.55. The molecule has 1 aromatic carbocycles. The first kappa shape index (κ1) is 22.5. The van der Waals surface area contributed by atoms with Crippen LogP contribution in [0.1, 0.15) is 30.9 Å². The van der Waals surface area contributed by atoms with Crippen molar-refractivity contribution in [1.29, 1.82) is 0 Å². The molecule has 8 nitrogen and oxygen atoms in total. The molecule has 1 aromatic rings. The molecule has 0 aliphatic heterocycles. The van der Waals surface area contributed by atoms with Crippen LogP contribution in [0.15, 0.2) is 12.1 Å². The van der Waals surface area contributed by atoms with Gasteiger partial charge in [0, 0.05) is 45.6 Å². The Balaban J connectivity index is 2.58. The predicted octanol–water partition coefficient (Wildman–Crippen LogP) is 3.34. The minimum absolute atomic E-state index is 0.0622. The Morgan fingerprint density at radius 2 is 1.69 bits per heavy atom. The molecule has 0 radical (unpaired) electrons. The Hall–Kier alpha value is -1.52. The zero-order valence-corrected chi connectivity index (χ0v) is 17.2. The number of hydrogen-bond acceptors (Lipinski definition) is 7. The first-order chi connectivity index (χ1) is 12.5. The highest BCUT2D eigenvalue weighted by atomic mass is 28.4. The lowest BCUT2D eigenvalue weighted by atomic mass is 10.1. The number of nitro benzene ring substituents is 1. The Morgan fingerprint density at radius 3 is 2.19 bits per heavy atom. The largest absolute Gasteiger partial charge is 0.500 e. The second kappa shape index (κ2) is 11.2. The lowest BCUT2D eigenvalue weighted by molar-refractivity contribution is -0.386. The van der Waals surface area contributed by atoms with Crippen LogP contribution in [0.5, 0.6) is 5.75 Å². The Labute approximate surface area is 155 Å². The van der Waals surface area contributed by atoms with Gasteiger partial charge in [-0.05, 0) is 25.3 Å². The summed E-state index contributed by atoms with van der Waals surface area (Å²) >= 11 is 0. The lowest BCUT2D eigenvalue weighted by Gasteiger charge is -2.24. The molecule has 148 valence electrons. The molecular formula is C17H29NO7Si. The number of aryl methyl sites for hydroxylation is 1.